The largest absolute Gasteiger partial charge is 0.454 e. The van der Waals surface area contributed by atoms with Crippen molar-refractivity contribution in [2.45, 2.75) is 6.42 Å². The van der Waals surface area contributed by atoms with Crippen molar-refractivity contribution in [1.82, 2.24) is 4.98 Å². The van der Waals surface area contributed by atoms with Crippen LogP contribution in [0.4, 0.5) is 11.4 Å². The molecule has 144 valence electrons. The molecule has 0 atom stereocenters. The zero-order chi connectivity index (χ0) is 19.8. The van der Waals surface area contributed by atoms with Gasteiger partial charge in [0.05, 0.1) is 0 Å². The molecule has 1 N–H and O–H groups in total. The first-order valence-electron chi connectivity index (χ1n) is 9.25. The van der Waals surface area contributed by atoms with E-state index in [4.69, 9.17) is 9.47 Å². The van der Waals surface area contributed by atoms with Crippen molar-refractivity contribution < 1.29 is 19.1 Å². The van der Waals surface area contributed by atoms with Gasteiger partial charge in [0, 0.05) is 41.4 Å². The van der Waals surface area contributed by atoms with Gasteiger partial charge < -0.3 is 19.7 Å². The highest BCUT2D eigenvalue weighted by molar-refractivity contribution is 6.08. The molecule has 0 saturated heterocycles. The minimum Gasteiger partial charge on any atom is -0.454 e. The molecule has 0 radical (unpaired) electrons. The summed E-state index contributed by atoms with van der Waals surface area (Å²) in [5.74, 6) is 0.851. The molecule has 0 fully saturated rings. The third-order valence-electron chi connectivity index (χ3n) is 5.05. The Kier molecular flexibility index (Phi) is 4.13. The number of benzene rings is 2. The quantitative estimate of drug-likeness (QED) is 0.746. The van der Waals surface area contributed by atoms with Crippen molar-refractivity contribution in [3.8, 4) is 11.5 Å². The normalized spacial score (nSPS) is 13.9. The lowest BCUT2D eigenvalue weighted by Crippen LogP contribution is -2.28. The lowest BCUT2D eigenvalue weighted by molar-refractivity contribution is 0.0988. The van der Waals surface area contributed by atoms with Crippen LogP contribution in [-0.4, -0.2) is 30.1 Å². The predicted molar refractivity (Wildman–Crippen MR) is 107 cm³/mol. The molecular weight excluding hydrogens is 370 g/mol. The second-order valence-electron chi connectivity index (χ2n) is 6.81. The van der Waals surface area contributed by atoms with E-state index in [1.165, 1.54) is 0 Å². The molecule has 0 saturated carbocycles. The number of pyridine rings is 1. The van der Waals surface area contributed by atoms with Gasteiger partial charge in [-0.2, -0.15) is 0 Å². The van der Waals surface area contributed by atoms with Crippen molar-refractivity contribution in [3.63, 3.8) is 0 Å². The number of nitrogens with one attached hydrogen (secondary N) is 1. The van der Waals surface area contributed by atoms with E-state index in [0.29, 0.717) is 34.9 Å². The van der Waals surface area contributed by atoms with E-state index in [1.807, 2.05) is 18.2 Å². The maximum Gasteiger partial charge on any atom is 0.258 e. The molecular formula is C22H17N3O4. The average Bonchev–Trinajstić information content (AvgIpc) is 3.40. The summed E-state index contributed by atoms with van der Waals surface area (Å²) in [6.45, 7) is 0.766. The number of hydrogen-bond acceptors (Lipinski definition) is 5. The molecule has 2 aromatic carbocycles. The minimum absolute atomic E-state index is 0.0783. The van der Waals surface area contributed by atoms with Crippen molar-refractivity contribution in [2.24, 2.45) is 0 Å². The van der Waals surface area contributed by atoms with Crippen LogP contribution >= 0.6 is 0 Å². The van der Waals surface area contributed by atoms with Crippen LogP contribution in [0.2, 0.25) is 0 Å². The molecule has 7 nitrogen and oxygen atoms in total. The highest BCUT2D eigenvalue weighted by Gasteiger charge is 2.26. The molecule has 0 aliphatic carbocycles. The highest BCUT2D eigenvalue weighted by Crippen LogP contribution is 2.34. The van der Waals surface area contributed by atoms with Gasteiger partial charge in [-0.3, -0.25) is 14.6 Å². The van der Waals surface area contributed by atoms with Gasteiger partial charge in [0.25, 0.3) is 11.8 Å². The number of anilines is 2. The summed E-state index contributed by atoms with van der Waals surface area (Å²) >= 11 is 0. The lowest BCUT2D eigenvalue weighted by Gasteiger charge is -2.18. The Labute approximate surface area is 166 Å². The first-order chi connectivity index (χ1) is 14.2. The summed E-state index contributed by atoms with van der Waals surface area (Å²) < 4.78 is 10.6. The van der Waals surface area contributed by atoms with E-state index >= 15 is 0 Å². The zero-order valence-corrected chi connectivity index (χ0v) is 15.4. The van der Waals surface area contributed by atoms with Crippen LogP contribution in [0.25, 0.3) is 0 Å². The molecule has 2 aliphatic rings. The molecule has 7 heteroatoms. The smallest absolute Gasteiger partial charge is 0.258 e. The van der Waals surface area contributed by atoms with Gasteiger partial charge in [0.2, 0.25) is 6.79 Å². The Balaban J connectivity index is 1.38. The number of hydrogen-bond donors (Lipinski definition) is 1. The molecule has 0 bridgehead atoms. The van der Waals surface area contributed by atoms with Crippen LogP contribution in [-0.2, 0) is 6.42 Å². The van der Waals surface area contributed by atoms with Crippen LogP contribution in [0.5, 0.6) is 11.5 Å². The van der Waals surface area contributed by atoms with Gasteiger partial charge in [-0.15, -0.1) is 0 Å². The summed E-state index contributed by atoms with van der Waals surface area (Å²) in [5, 5.41) is 2.90. The summed E-state index contributed by atoms with van der Waals surface area (Å²) in [4.78, 5) is 31.2. The fourth-order valence-corrected chi connectivity index (χ4v) is 3.56. The number of carbonyl (C=O) groups is 2. The van der Waals surface area contributed by atoms with Gasteiger partial charge in [0.15, 0.2) is 11.5 Å². The summed E-state index contributed by atoms with van der Waals surface area (Å²) in [6.07, 6.45) is 3.99. The van der Waals surface area contributed by atoms with E-state index in [0.717, 1.165) is 17.7 Å². The zero-order valence-electron chi connectivity index (χ0n) is 15.4. The fraction of sp³-hybridized carbons (Fsp3) is 0.136. The maximum atomic E-state index is 12.9. The lowest BCUT2D eigenvalue weighted by atomic mass is 10.1. The molecule has 5 rings (SSSR count). The second-order valence-corrected chi connectivity index (χ2v) is 6.81. The number of aromatic nitrogens is 1. The van der Waals surface area contributed by atoms with E-state index in [9.17, 15) is 9.59 Å². The Morgan fingerprint density at radius 3 is 2.62 bits per heavy atom. The number of fused-ring (bicyclic) bond motifs is 2. The number of nitrogens with zero attached hydrogens (tertiary/aromatic N) is 2. The van der Waals surface area contributed by atoms with E-state index in [2.05, 4.69) is 10.3 Å². The number of rotatable bonds is 3. The van der Waals surface area contributed by atoms with Crippen LogP contribution in [0.15, 0.2) is 60.9 Å². The van der Waals surface area contributed by atoms with Crippen molar-refractivity contribution in [1.29, 1.82) is 0 Å². The minimum atomic E-state index is -0.256. The van der Waals surface area contributed by atoms with Gasteiger partial charge in [-0.05, 0) is 54.4 Å². The maximum absolute atomic E-state index is 12.9. The van der Waals surface area contributed by atoms with Gasteiger partial charge in [-0.25, -0.2) is 0 Å². The Morgan fingerprint density at radius 1 is 0.931 bits per heavy atom. The topological polar surface area (TPSA) is 80.8 Å². The fourth-order valence-electron chi connectivity index (χ4n) is 3.56. The van der Waals surface area contributed by atoms with Crippen LogP contribution in [0.1, 0.15) is 26.3 Å². The van der Waals surface area contributed by atoms with Crippen molar-refractivity contribution in [3.05, 3.63) is 77.6 Å². The molecule has 2 amide bonds. The first-order valence-corrected chi connectivity index (χ1v) is 9.25. The van der Waals surface area contributed by atoms with Crippen molar-refractivity contribution >= 4 is 23.2 Å². The number of ether oxygens (including phenoxy) is 2. The predicted octanol–water partition coefficient (Wildman–Crippen LogP) is 3.27. The third-order valence-corrected chi connectivity index (χ3v) is 5.05. The molecule has 2 aliphatic heterocycles. The number of amides is 2. The van der Waals surface area contributed by atoms with E-state index in [1.54, 1.807) is 47.6 Å². The second kappa shape index (κ2) is 6.94. The van der Waals surface area contributed by atoms with Crippen LogP contribution in [0.3, 0.4) is 0 Å². The molecule has 3 aromatic rings. The molecule has 29 heavy (non-hydrogen) atoms. The first kappa shape index (κ1) is 17.2. The van der Waals surface area contributed by atoms with Crippen molar-refractivity contribution in [2.75, 3.05) is 23.6 Å². The highest BCUT2D eigenvalue weighted by atomic mass is 16.7. The van der Waals surface area contributed by atoms with Gasteiger partial charge in [0.1, 0.15) is 0 Å². The molecule has 0 spiro atoms. The third kappa shape index (κ3) is 3.16. The van der Waals surface area contributed by atoms with Crippen LogP contribution in [0, 0.1) is 0 Å². The standard InChI is InChI=1S/C22H17N3O4/c26-21(16-2-4-19-20(11-16)29-13-28-19)24-17-3-1-14-7-10-25(18(14)12-17)22(27)15-5-8-23-9-6-15/h1-6,8-9,11-12H,7,10,13H2,(H,24,26). The van der Waals surface area contributed by atoms with E-state index < -0.39 is 0 Å². The SMILES string of the molecule is O=C(Nc1ccc2c(c1)N(C(=O)c1ccncc1)CC2)c1ccc2c(c1)OCO2. The average molecular weight is 387 g/mol. The Morgan fingerprint density at radius 2 is 1.76 bits per heavy atom. The Bertz CT molecular complexity index is 1110. The summed E-state index contributed by atoms with van der Waals surface area (Å²) in [7, 11) is 0. The molecule has 1 aromatic heterocycles. The van der Waals surface area contributed by atoms with E-state index in [-0.39, 0.29) is 18.6 Å². The van der Waals surface area contributed by atoms with Gasteiger partial charge >= 0.3 is 0 Å². The summed E-state index contributed by atoms with van der Waals surface area (Å²) in [6, 6.07) is 14.1. The molecule has 3 heterocycles. The van der Waals surface area contributed by atoms with Crippen LogP contribution < -0.4 is 19.7 Å². The monoisotopic (exact) mass is 387 g/mol. The number of carbonyl (C=O) groups excluding carboxylic acids is 2. The Hall–Kier alpha value is -3.87. The molecule has 0 unspecified atom stereocenters. The summed E-state index contributed by atoms with van der Waals surface area (Å²) in [5.41, 5.74) is 3.58. The van der Waals surface area contributed by atoms with Gasteiger partial charge in [-0.1, -0.05) is 6.07 Å².